The van der Waals surface area contributed by atoms with Gasteiger partial charge in [-0.25, -0.2) is 0 Å². The molecule has 2 N–H and O–H groups in total. The van der Waals surface area contributed by atoms with Gasteiger partial charge in [0.2, 0.25) is 11.8 Å². The highest BCUT2D eigenvalue weighted by atomic mass is 16.5. The van der Waals surface area contributed by atoms with Gasteiger partial charge in [0.15, 0.2) is 0 Å². The van der Waals surface area contributed by atoms with E-state index in [0.29, 0.717) is 25.9 Å². The second kappa shape index (κ2) is 8.34. The lowest BCUT2D eigenvalue weighted by Gasteiger charge is -2.46. The number of piperidine rings is 1. The van der Waals surface area contributed by atoms with Crippen molar-refractivity contribution < 1.29 is 14.3 Å². The van der Waals surface area contributed by atoms with Crippen molar-refractivity contribution in [3.05, 3.63) is 65.9 Å². The van der Waals surface area contributed by atoms with E-state index in [9.17, 15) is 9.59 Å². The number of benzene rings is 2. The van der Waals surface area contributed by atoms with Crippen molar-refractivity contribution in [2.75, 3.05) is 13.1 Å². The van der Waals surface area contributed by atoms with Crippen LogP contribution in [0.25, 0.3) is 10.9 Å². The van der Waals surface area contributed by atoms with E-state index in [-0.39, 0.29) is 23.5 Å². The van der Waals surface area contributed by atoms with Crippen molar-refractivity contribution in [3.8, 4) is 5.75 Å². The summed E-state index contributed by atoms with van der Waals surface area (Å²) in [4.78, 5) is 29.9. The number of hydrogen-bond donors (Lipinski definition) is 2. The van der Waals surface area contributed by atoms with Crippen LogP contribution in [0.2, 0.25) is 0 Å². The van der Waals surface area contributed by atoms with Gasteiger partial charge < -0.3 is 19.9 Å². The highest BCUT2D eigenvalue weighted by Gasteiger charge is 2.44. The van der Waals surface area contributed by atoms with Crippen LogP contribution in [0.1, 0.15) is 49.8 Å². The van der Waals surface area contributed by atoms with E-state index in [1.165, 1.54) is 5.39 Å². The second-order valence-electron chi connectivity index (χ2n) is 9.01. The Hall–Kier alpha value is -3.28. The molecular formula is C26H29N3O3. The number of H-pyrrole nitrogens is 1. The number of nitrogens with one attached hydrogen (secondary N) is 2. The molecule has 1 atom stereocenters. The summed E-state index contributed by atoms with van der Waals surface area (Å²) in [6, 6.07) is 16.1. The Labute approximate surface area is 187 Å². The van der Waals surface area contributed by atoms with E-state index < -0.39 is 0 Å². The number of likely N-dealkylation sites (tertiary alicyclic amines) is 1. The Morgan fingerprint density at radius 2 is 1.88 bits per heavy atom. The lowest BCUT2D eigenvalue weighted by Crippen LogP contribution is -2.53. The molecule has 5 rings (SSSR count). The first kappa shape index (κ1) is 20.6. The van der Waals surface area contributed by atoms with E-state index in [4.69, 9.17) is 4.74 Å². The fraction of sp³-hybridized carbons (Fsp3) is 0.385. The summed E-state index contributed by atoms with van der Waals surface area (Å²) in [7, 11) is 0. The minimum absolute atomic E-state index is 0.0494. The maximum atomic E-state index is 12.9. The van der Waals surface area contributed by atoms with Gasteiger partial charge in [-0.2, -0.15) is 0 Å². The highest BCUT2D eigenvalue weighted by molar-refractivity contribution is 5.84. The Morgan fingerprint density at radius 3 is 2.69 bits per heavy atom. The van der Waals surface area contributed by atoms with Crippen LogP contribution in [0.3, 0.4) is 0 Å². The van der Waals surface area contributed by atoms with E-state index in [1.807, 2.05) is 47.5 Å². The van der Waals surface area contributed by atoms with Crippen LogP contribution in [0, 0.1) is 0 Å². The number of aromatic amines is 1. The first-order valence-corrected chi connectivity index (χ1v) is 11.4. The third-order valence-electron chi connectivity index (χ3n) is 6.95. The molecule has 0 unspecified atom stereocenters. The van der Waals surface area contributed by atoms with Gasteiger partial charge in [0.1, 0.15) is 11.4 Å². The van der Waals surface area contributed by atoms with Crippen molar-refractivity contribution in [3.63, 3.8) is 0 Å². The van der Waals surface area contributed by atoms with Crippen LogP contribution in [0.5, 0.6) is 5.75 Å². The van der Waals surface area contributed by atoms with Gasteiger partial charge in [-0.3, -0.25) is 9.59 Å². The molecule has 2 aromatic carbocycles. The number of nitrogens with zero attached hydrogens (tertiary/aromatic N) is 1. The van der Waals surface area contributed by atoms with Gasteiger partial charge in [0, 0.05) is 68.4 Å². The maximum Gasteiger partial charge on any atom is 0.220 e. The topological polar surface area (TPSA) is 74.4 Å². The summed E-state index contributed by atoms with van der Waals surface area (Å²) in [5, 5.41) is 4.46. The van der Waals surface area contributed by atoms with Crippen LogP contribution in [0.4, 0.5) is 0 Å². The third-order valence-corrected chi connectivity index (χ3v) is 6.95. The summed E-state index contributed by atoms with van der Waals surface area (Å²) in [6.07, 6.45) is 5.42. The summed E-state index contributed by atoms with van der Waals surface area (Å²) in [5.74, 6) is 1.00. The van der Waals surface area contributed by atoms with Gasteiger partial charge in [-0.05, 0) is 24.1 Å². The molecule has 3 heterocycles. The van der Waals surface area contributed by atoms with Crippen LogP contribution in [0.15, 0.2) is 54.7 Å². The zero-order valence-electron chi connectivity index (χ0n) is 18.4. The van der Waals surface area contributed by atoms with Crippen molar-refractivity contribution in [1.29, 1.82) is 0 Å². The first-order valence-electron chi connectivity index (χ1n) is 11.4. The fourth-order valence-electron chi connectivity index (χ4n) is 5.14. The number of aryl methyl sites for hydroxylation is 1. The first-order chi connectivity index (χ1) is 15.5. The van der Waals surface area contributed by atoms with Crippen molar-refractivity contribution >= 4 is 22.7 Å². The Morgan fingerprint density at radius 1 is 1.12 bits per heavy atom. The van der Waals surface area contributed by atoms with Crippen LogP contribution in [-0.4, -0.2) is 40.4 Å². The van der Waals surface area contributed by atoms with E-state index in [0.717, 1.165) is 41.7 Å². The van der Waals surface area contributed by atoms with Crippen molar-refractivity contribution in [2.24, 2.45) is 0 Å². The Bertz CT molecular complexity index is 1140. The van der Waals surface area contributed by atoms with E-state index in [2.05, 4.69) is 22.4 Å². The number of carbonyl (C=O) groups excluding carboxylic acids is 2. The average Bonchev–Trinajstić information content (AvgIpc) is 3.21. The number of rotatable bonds is 4. The molecule has 0 bridgehead atoms. The molecule has 1 spiro atoms. The predicted octanol–water partition coefficient (Wildman–Crippen LogP) is 4.12. The molecule has 6 heteroatoms. The zero-order valence-corrected chi connectivity index (χ0v) is 18.4. The highest BCUT2D eigenvalue weighted by Crippen LogP contribution is 2.44. The van der Waals surface area contributed by atoms with Crippen LogP contribution < -0.4 is 10.1 Å². The monoisotopic (exact) mass is 431 g/mol. The molecule has 0 radical (unpaired) electrons. The number of aromatic nitrogens is 1. The molecular weight excluding hydrogens is 402 g/mol. The number of para-hydroxylation sites is 2. The lowest BCUT2D eigenvalue weighted by atomic mass is 9.80. The normalized spacial score (nSPS) is 19.4. The largest absolute Gasteiger partial charge is 0.487 e. The minimum atomic E-state index is -0.338. The Balaban J connectivity index is 1.28. The molecule has 1 fully saturated rings. The number of ether oxygens (including phenoxy) is 1. The molecule has 2 amide bonds. The maximum absolute atomic E-state index is 12.9. The van der Waals surface area contributed by atoms with E-state index >= 15 is 0 Å². The lowest BCUT2D eigenvalue weighted by molar-refractivity contribution is -0.133. The smallest absolute Gasteiger partial charge is 0.220 e. The Kier molecular flexibility index (Phi) is 5.37. The van der Waals surface area contributed by atoms with Gasteiger partial charge in [-0.15, -0.1) is 0 Å². The number of carbonyl (C=O) groups is 2. The zero-order chi connectivity index (χ0) is 22.1. The molecule has 6 nitrogen and oxygen atoms in total. The van der Waals surface area contributed by atoms with Gasteiger partial charge >= 0.3 is 0 Å². The second-order valence-corrected chi connectivity index (χ2v) is 9.01. The fourth-order valence-corrected chi connectivity index (χ4v) is 5.14. The third kappa shape index (κ3) is 3.97. The van der Waals surface area contributed by atoms with Gasteiger partial charge in [-0.1, -0.05) is 36.4 Å². The van der Waals surface area contributed by atoms with Crippen molar-refractivity contribution in [2.45, 2.75) is 50.7 Å². The van der Waals surface area contributed by atoms with E-state index in [1.54, 1.807) is 6.92 Å². The minimum Gasteiger partial charge on any atom is -0.487 e. The number of fused-ring (bicyclic) bond motifs is 2. The molecule has 32 heavy (non-hydrogen) atoms. The standard InChI is InChI=1S/C26H29N3O3/c1-18(30)29-14-12-26(13-15-29)16-23(21-7-3-5-9-24(21)32-26)28-25(31)11-10-19-17-27-22-8-4-2-6-20(19)22/h2-9,17,23,27H,10-16H2,1H3,(H,28,31)/t23-/m0/s1. The molecule has 1 saturated heterocycles. The van der Waals surface area contributed by atoms with Crippen LogP contribution >= 0.6 is 0 Å². The summed E-state index contributed by atoms with van der Waals surface area (Å²) in [5.41, 5.74) is 2.96. The quantitative estimate of drug-likeness (QED) is 0.653. The molecule has 3 aromatic rings. The number of amides is 2. The SMILES string of the molecule is CC(=O)N1CCC2(CC1)C[C@H](NC(=O)CCc1c[nH]c3ccccc13)c1ccccc1O2. The molecule has 166 valence electrons. The molecule has 1 aromatic heterocycles. The van der Waals surface area contributed by atoms with Crippen LogP contribution in [-0.2, 0) is 16.0 Å². The number of hydrogen-bond acceptors (Lipinski definition) is 3. The molecule has 2 aliphatic heterocycles. The summed E-state index contributed by atoms with van der Waals surface area (Å²) < 4.78 is 6.47. The molecule has 0 aliphatic carbocycles. The van der Waals surface area contributed by atoms with Crippen molar-refractivity contribution in [1.82, 2.24) is 15.2 Å². The van der Waals surface area contributed by atoms with Gasteiger partial charge in [0.05, 0.1) is 6.04 Å². The summed E-state index contributed by atoms with van der Waals surface area (Å²) in [6.45, 7) is 3.00. The van der Waals surface area contributed by atoms with Gasteiger partial charge in [0.25, 0.3) is 0 Å². The molecule has 2 aliphatic rings. The average molecular weight is 432 g/mol. The molecule has 0 saturated carbocycles. The summed E-state index contributed by atoms with van der Waals surface area (Å²) >= 11 is 0. The predicted molar refractivity (Wildman–Crippen MR) is 123 cm³/mol.